The Kier molecular flexibility index (Phi) is 3.25. The van der Waals surface area contributed by atoms with Gasteiger partial charge in [0, 0.05) is 24.8 Å². The van der Waals surface area contributed by atoms with Gasteiger partial charge in [-0.15, -0.1) is 0 Å². The molecule has 2 heterocycles. The van der Waals surface area contributed by atoms with E-state index in [0.29, 0.717) is 0 Å². The second kappa shape index (κ2) is 5.05. The summed E-state index contributed by atoms with van der Waals surface area (Å²) in [4.78, 5) is 0. The first-order valence-corrected chi connectivity index (χ1v) is 6.74. The lowest BCUT2D eigenvalue weighted by atomic mass is 9.91. The van der Waals surface area contributed by atoms with Crippen LogP contribution >= 0.6 is 0 Å². The van der Waals surface area contributed by atoms with Crippen molar-refractivity contribution in [2.24, 2.45) is 0 Å². The quantitative estimate of drug-likeness (QED) is 0.915. The lowest BCUT2D eigenvalue weighted by molar-refractivity contribution is 0.412. The van der Waals surface area contributed by atoms with E-state index in [1.165, 1.54) is 16.7 Å². The van der Waals surface area contributed by atoms with Gasteiger partial charge < -0.3 is 10.1 Å². The lowest BCUT2D eigenvalue weighted by Gasteiger charge is -2.26. The van der Waals surface area contributed by atoms with E-state index < -0.39 is 0 Å². The van der Waals surface area contributed by atoms with Crippen LogP contribution in [0.1, 0.15) is 29.7 Å². The molecule has 3 rings (SSSR count). The largest absolute Gasteiger partial charge is 0.497 e. The fourth-order valence-electron chi connectivity index (χ4n) is 2.66. The van der Waals surface area contributed by atoms with Gasteiger partial charge in [-0.3, -0.25) is 4.68 Å². The summed E-state index contributed by atoms with van der Waals surface area (Å²) in [5, 5.41) is 7.94. The van der Waals surface area contributed by atoms with Crippen LogP contribution in [0, 0.1) is 0 Å². The molecule has 1 unspecified atom stereocenters. The molecule has 4 heteroatoms. The number of ether oxygens (including phenoxy) is 1. The smallest absolute Gasteiger partial charge is 0.119 e. The van der Waals surface area contributed by atoms with Gasteiger partial charge in [0.25, 0.3) is 0 Å². The Labute approximate surface area is 113 Å². The standard InChI is InChI=1S/C15H19N3O/c1-3-18-10-12(9-17-18)15-14-8-13(19-2)5-4-11(14)6-7-16-15/h4-5,8-10,15-16H,3,6-7H2,1-2H3. The number of fused-ring (bicyclic) bond motifs is 1. The highest BCUT2D eigenvalue weighted by molar-refractivity contribution is 5.43. The van der Waals surface area contributed by atoms with Crippen molar-refractivity contribution in [3.8, 4) is 5.75 Å². The molecule has 2 aromatic rings. The molecule has 1 aliphatic rings. The maximum atomic E-state index is 5.34. The predicted octanol–water partition coefficient (Wildman–Crippen LogP) is 2.15. The van der Waals surface area contributed by atoms with E-state index in [0.717, 1.165) is 25.3 Å². The topological polar surface area (TPSA) is 39.1 Å². The van der Waals surface area contributed by atoms with Gasteiger partial charge in [0.15, 0.2) is 0 Å². The molecule has 0 fully saturated rings. The van der Waals surface area contributed by atoms with Gasteiger partial charge >= 0.3 is 0 Å². The minimum atomic E-state index is 0.221. The van der Waals surface area contributed by atoms with Crippen molar-refractivity contribution in [3.05, 3.63) is 47.3 Å². The number of rotatable bonds is 3. The average Bonchev–Trinajstić information content (AvgIpc) is 2.94. The van der Waals surface area contributed by atoms with Crippen molar-refractivity contribution < 1.29 is 4.74 Å². The number of nitrogens with zero attached hydrogens (tertiary/aromatic N) is 2. The van der Waals surface area contributed by atoms with Crippen LogP contribution in [-0.4, -0.2) is 23.4 Å². The third-order valence-corrected chi connectivity index (χ3v) is 3.72. The fourth-order valence-corrected chi connectivity index (χ4v) is 2.66. The molecular formula is C15H19N3O. The van der Waals surface area contributed by atoms with Gasteiger partial charge in [-0.2, -0.15) is 5.10 Å². The Morgan fingerprint density at radius 1 is 1.47 bits per heavy atom. The van der Waals surface area contributed by atoms with Crippen LogP contribution in [0.3, 0.4) is 0 Å². The van der Waals surface area contributed by atoms with Crippen molar-refractivity contribution >= 4 is 0 Å². The Bertz CT molecular complexity index is 577. The van der Waals surface area contributed by atoms with Gasteiger partial charge in [-0.1, -0.05) is 6.07 Å². The monoisotopic (exact) mass is 257 g/mol. The third kappa shape index (κ3) is 2.24. The molecule has 1 aromatic carbocycles. The first-order valence-electron chi connectivity index (χ1n) is 6.74. The zero-order chi connectivity index (χ0) is 13.2. The highest BCUT2D eigenvalue weighted by Gasteiger charge is 2.22. The normalized spacial score (nSPS) is 18.1. The average molecular weight is 257 g/mol. The summed E-state index contributed by atoms with van der Waals surface area (Å²) in [6.45, 7) is 4.00. The van der Waals surface area contributed by atoms with Gasteiger partial charge in [-0.05, 0) is 36.6 Å². The van der Waals surface area contributed by atoms with Crippen LogP contribution in [0.15, 0.2) is 30.6 Å². The third-order valence-electron chi connectivity index (χ3n) is 3.72. The van der Waals surface area contributed by atoms with Gasteiger partial charge in [0.1, 0.15) is 5.75 Å². The number of aromatic nitrogens is 2. The second-order valence-electron chi connectivity index (χ2n) is 4.83. The van der Waals surface area contributed by atoms with E-state index in [1.54, 1.807) is 7.11 Å². The Balaban J connectivity index is 2.00. The first-order chi connectivity index (χ1) is 9.31. The van der Waals surface area contributed by atoms with Gasteiger partial charge in [-0.25, -0.2) is 0 Å². The summed E-state index contributed by atoms with van der Waals surface area (Å²) >= 11 is 0. The molecule has 1 aromatic heterocycles. The van der Waals surface area contributed by atoms with Crippen LogP contribution < -0.4 is 10.1 Å². The maximum absolute atomic E-state index is 5.34. The molecule has 0 saturated heterocycles. The number of hydrogen-bond donors (Lipinski definition) is 1. The lowest BCUT2D eigenvalue weighted by Crippen LogP contribution is -2.30. The molecule has 100 valence electrons. The highest BCUT2D eigenvalue weighted by Crippen LogP contribution is 2.31. The van der Waals surface area contributed by atoms with E-state index in [4.69, 9.17) is 4.74 Å². The Morgan fingerprint density at radius 3 is 3.11 bits per heavy atom. The minimum absolute atomic E-state index is 0.221. The summed E-state index contributed by atoms with van der Waals surface area (Å²) in [6.07, 6.45) is 5.14. The Morgan fingerprint density at radius 2 is 2.37 bits per heavy atom. The summed E-state index contributed by atoms with van der Waals surface area (Å²) in [7, 11) is 1.71. The molecule has 0 radical (unpaired) electrons. The molecule has 0 amide bonds. The van der Waals surface area contributed by atoms with E-state index in [1.807, 2.05) is 16.9 Å². The van der Waals surface area contributed by atoms with Crippen molar-refractivity contribution in [2.45, 2.75) is 25.9 Å². The Hall–Kier alpha value is -1.81. The molecule has 1 atom stereocenters. The molecule has 0 saturated carbocycles. The molecule has 1 N–H and O–H groups in total. The van der Waals surface area contributed by atoms with E-state index >= 15 is 0 Å². The van der Waals surface area contributed by atoms with Crippen molar-refractivity contribution in [1.82, 2.24) is 15.1 Å². The van der Waals surface area contributed by atoms with Gasteiger partial charge in [0.05, 0.1) is 19.3 Å². The number of methoxy groups -OCH3 is 1. The molecule has 0 aliphatic carbocycles. The summed E-state index contributed by atoms with van der Waals surface area (Å²) < 4.78 is 7.31. The fraction of sp³-hybridized carbons (Fsp3) is 0.400. The highest BCUT2D eigenvalue weighted by atomic mass is 16.5. The van der Waals surface area contributed by atoms with Crippen LogP contribution in [0.4, 0.5) is 0 Å². The zero-order valence-electron chi connectivity index (χ0n) is 11.4. The van der Waals surface area contributed by atoms with Gasteiger partial charge in [0.2, 0.25) is 0 Å². The minimum Gasteiger partial charge on any atom is -0.497 e. The van der Waals surface area contributed by atoms with Crippen LogP contribution in [0.5, 0.6) is 5.75 Å². The van der Waals surface area contributed by atoms with Crippen molar-refractivity contribution in [3.63, 3.8) is 0 Å². The molecule has 4 nitrogen and oxygen atoms in total. The summed E-state index contributed by atoms with van der Waals surface area (Å²) in [6, 6.07) is 6.57. The second-order valence-corrected chi connectivity index (χ2v) is 4.83. The van der Waals surface area contributed by atoms with Crippen molar-refractivity contribution in [1.29, 1.82) is 0 Å². The van der Waals surface area contributed by atoms with Crippen LogP contribution in [0.25, 0.3) is 0 Å². The molecule has 19 heavy (non-hydrogen) atoms. The maximum Gasteiger partial charge on any atom is 0.119 e. The number of benzene rings is 1. The van der Waals surface area contributed by atoms with E-state index in [9.17, 15) is 0 Å². The molecule has 0 spiro atoms. The zero-order valence-corrected chi connectivity index (χ0v) is 11.4. The van der Waals surface area contributed by atoms with Crippen molar-refractivity contribution in [2.75, 3.05) is 13.7 Å². The first kappa shape index (κ1) is 12.2. The molecule has 0 bridgehead atoms. The summed E-state index contributed by atoms with van der Waals surface area (Å²) in [5.74, 6) is 0.912. The molecular weight excluding hydrogens is 238 g/mol. The SMILES string of the molecule is CCn1cc(C2NCCc3ccc(OC)cc32)cn1. The van der Waals surface area contributed by atoms with Crippen LogP contribution in [0.2, 0.25) is 0 Å². The van der Waals surface area contributed by atoms with Crippen LogP contribution in [-0.2, 0) is 13.0 Å². The number of hydrogen-bond acceptors (Lipinski definition) is 3. The number of nitrogens with one attached hydrogen (secondary N) is 1. The predicted molar refractivity (Wildman–Crippen MR) is 74.4 cm³/mol. The van der Waals surface area contributed by atoms with E-state index in [-0.39, 0.29) is 6.04 Å². The molecule has 1 aliphatic heterocycles. The summed E-state index contributed by atoms with van der Waals surface area (Å²) in [5.41, 5.74) is 3.92. The van der Waals surface area contributed by atoms with E-state index in [2.05, 4.69) is 35.7 Å². The number of aryl methyl sites for hydroxylation is 1.